The van der Waals surface area contributed by atoms with Gasteiger partial charge in [-0.25, -0.2) is 0 Å². The molecule has 0 aromatic heterocycles. The van der Waals surface area contributed by atoms with Crippen LogP contribution in [0, 0.1) is 0 Å². The van der Waals surface area contributed by atoms with Gasteiger partial charge in [0.15, 0.2) is 0 Å². The fourth-order valence-corrected chi connectivity index (χ4v) is 1.74. The van der Waals surface area contributed by atoms with Gasteiger partial charge < -0.3 is 4.74 Å². The molecule has 0 N–H and O–H groups in total. The Balaban J connectivity index is 2.19. The summed E-state index contributed by atoms with van der Waals surface area (Å²) in [5.74, 6) is 0.512. The predicted octanol–water partition coefficient (Wildman–Crippen LogP) is 2.48. The van der Waals surface area contributed by atoms with Gasteiger partial charge in [-0.05, 0) is 30.9 Å². The van der Waals surface area contributed by atoms with E-state index >= 15 is 0 Å². The van der Waals surface area contributed by atoms with E-state index in [1.807, 2.05) is 6.08 Å². The smallest absolute Gasteiger partial charge is 0.308 e. The molecule has 0 aliphatic heterocycles. The van der Waals surface area contributed by atoms with Crippen molar-refractivity contribution in [2.75, 3.05) is 0 Å². The highest BCUT2D eigenvalue weighted by atomic mass is 16.5. The third-order valence-electron chi connectivity index (χ3n) is 2.28. The molecule has 0 saturated heterocycles. The standard InChI is InChI=1S/C11H12O2/c1-8(12)13-11-7-6-9-4-2-3-5-10(9)11/h4-5,7H,2-3,6H2,1H3. The van der Waals surface area contributed by atoms with Crippen LogP contribution >= 0.6 is 0 Å². The molecule has 0 amide bonds. The minimum absolute atomic E-state index is 0.237. The average molecular weight is 176 g/mol. The van der Waals surface area contributed by atoms with Crippen molar-refractivity contribution in [3.8, 4) is 0 Å². The van der Waals surface area contributed by atoms with Crippen LogP contribution < -0.4 is 0 Å². The minimum atomic E-state index is -0.237. The van der Waals surface area contributed by atoms with Gasteiger partial charge in [-0.2, -0.15) is 0 Å². The Kier molecular flexibility index (Phi) is 2.05. The van der Waals surface area contributed by atoms with Crippen LogP contribution in [0.3, 0.4) is 0 Å². The van der Waals surface area contributed by atoms with Crippen molar-refractivity contribution in [2.24, 2.45) is 0 Å². The van der Waals surface area contributed by atoms with Crippen LogP contribution in [0.4, 0.5) is 0 Å². The molecule has 0 atom stereocenters. The summed E-state index contributed by atoms with van der Waals surface area (Å²) in [5.41, 5.74) is 2.43. The molecule has 0 aromatic rings. The summed E-state index contributed by atoms with van der Waals surface area (Å²) in [4.78, 5) is 10.8. The third kappa shape index (κ3) is 1.57. The van der Waals surface area contributed by atoms with E-state index in [4.69, 9.17) is 4.74 Å². The minimum Gasteiger partial charge on any atom is -0.426 e. The van der Waals surface area contributed by atoms with Crippen molar-refractivity contribution in [2.45, 2.75) is 26.2 Å². The number of allylic oxidation sites excluding steroid dienone is 4. The van der Waals surface area contributed by atoms with E-state index in [0.717, 1.165) is 30.6 Å². The van der Waals surface area contributed by atoms with E-state index in [2.05, 4.69) is 12.2 Å². The lowest BCUT2D eigenvalue weighted by Gasteiger charge is -2.10. The molecule has 0 saturated carbocycles. The van der Waals surface area contributed by atoms with Crippen molar-refractivity contribution in [1.29, 1.82) is 0 Å². The Morgan fingerprint density at radius 1 is 1.31 bits per heavy atom. The molecule has 2 aliphatic carbocycles. The Hall–Kier alpha value is -1.31. The van der Waals surface area contributed by atoms with Crippen molar-refractivity contribution in [3.05, 3.63) is 35.1 Å². The first-order valence-electron chi connectivity index (χ1n) is 4.56. The number of carbonyl (C=O) groups is 1. The zero-order chi connectivity index (χ0) is 9.26. The Morgan fingerprint density at radius 3 is 2.85 bits per heavy atom. The lowest BCUT2D eigenvalue weighted by Crippen LogP contribution is -2.00. The molecule has 0 unspecified atom stereocenters. The summed E-state index contributed by atoms with van der Waals surface area (Å²) in [6.07, 6.45) is 9.43. The van der Waals surface area contributed by atoms with Gasteiger partial charge in [-0.3, -0.25) is 4.79 Å². The van der Waals surface area contributed by atoms with Gasteiger partial charge in [0.1, 0.15) is 5.76 Å². The van der Waals surface area contributed by atoms with Crippen LogP contribution in [-0.4, -0.2) is 5.97 Å². The van der Waals surface area contributed by atoms with E-state index in [-0.39, 0.29) is 5.97 Å². The SMILES string of the molecule is CC(=O)OC1=CCC2=CCCC=C21. The molecule has 13 heavy (non-hydrogen) atoms. The number of fused-ring (bicyclic) bond motifs is 1. The average Bonchev–Trinajstić information content (AvgIpc) is 2.48. The van der Waals surface area contributed by atoms with Crippen molar-refractivity contribution in [3.63, 3.8) is 0 Å². The third-order valence-corrected chi connectivity index (χ3v) is 2.28. The normalized spacial score (nSPS) is 19.9. The summed E-state index contributed by atoms with van der Waals surface area (Å²) < 4.78 is 5.09. The molecule has 0 fully saturated rings. The first-order chi connectivity index (χ1) is 6.27. The van der Waals surface area contributed by atoms with Crippen LogP contribution in [-0.2, 0) is 9.53 Å². The van der Waals surface area contributed by atoms with Gasteiger partial charge in [0.25, 0.3) is 0 Å². The Bertz CT molecular complexity index is 332. The quantitative estimate of drug-likeness (QED) is 0.574. The van der Waals surface area contributed by atoms with Gasteiger partial charge in [-0.15, -0.1) is 0 Å². The van der Waals surface area contributed by atoms with Crippen molar-refractivity contribution in [1.82, 2.24) is 0 Å². The second-order valence-electron chi connectivity index (χ2n) is 3.29. The molecular weight excluding hydrogens is 164 g/mol. The van der Waals surface area contributed by atoms with E-state index in [0.29, 0.717) is 0 Å². The molecule has 0 spiro atoms. The lowest BCUT2D eigenvalue weighted by molar-refractivity contribution is -0.136. The molecule has 2 aliphatic rings. The van der Waals surface area contributed by atoms with Crippen LogP contribution in [0.2, 0.25) is 0 Å². The Labute approximate surface area is 77.6 Å². The molecule has 0 radical (unpaired) electrons. The van der Waals surface area contributed by atoms with E-state index in [9.17, 15) is 4.79 Å². The topological polar surface area (TPSA) is 26.3 Å². The zero-order valence-electron chi connectivity index (χ0n) is 7.67. The second-order valence-corrected chi connectivity index (χ2v) is 3.29. The molecular formula is C11H12O2. The molecule has 0 bridgehead atoms. The Morgan fingerprint density at radius 2 is 2.08 bits per heavy atom. The van der Waals surface area contributed by atoms with E-state index in [1.165, 1.54) is 12.5 Å². The van der Waals surface area contributed by atoms with Crippen LogP contribution in [0.15, 0.2) is 35.1 Å². The van der Waals surface area contributed by atoms with Crippen molar-refractivity contribution >= 4 is 5.97 Å². The maximum atomic E-state index is 10.8. The number of esters is 1. The van der Waals surface area contributed by atoms with E-state index in [1.54, 1.807) is 0 Å². The van der Waals surface area contributed by atoms with Crippen molar-refractivity contribution < 1.29 is 9.53 Å². The largest absolute Gasteiger partial charge is 0.426 e. The number of hydrogen-bond donors (Lipinski definition) is 0. The van der Waals surface area contributed by atoms with E-state index < -0.39 is 0 Å². The summed E-state index contributed by atoms with van der Waals surface area (Å²) in [6, 6.07) is 0. The van der Waals surface area contributed by atoms with Gasteiger partial charge in [0.2, 0.25) is 0 Å². The number of rotatable bonds is 1. The number of carbonyl (C=O) groups excluding carboxylic acids is 1. The van der Waals surface area contributed by atoms with Gasteiger partial charge in [0, 0.05) is 12.5 Å². The molecule has 2 rings (SSSR count). The molecule has 2 heteroatoms. The highest BCUT2D eigenvalue weighted by Crippen LogP contribution is 2.34. The van der Waals surface area contributed by atoms with Crippen LogP contribution in [0.25, 0.3) is 0 Å². The summed E-state index contributed by atoms with van der Waals surface area (Å²) in [7, 11) is 0. The fourth-order valence-electron chi connectivity index (χ4n) is 1.74. The van der Waals surface area contributed by atoms with Gasteiger partial charge in [-0.1, -0.05) is 12.2 Å². The molecule has 2 nitrogen and oxygen atoms in total. The predicted molar refractivity (Wildman–Crippen MR) is 49.9 cm³/mol. The highest BCUT2D eigenvalue weighted by Gasteiger charge is 2.20. The summed E-state index contributed by atoms with van der Waals surface area (Å²) in [5, 5.41) is 0. The maximum Gasteiger partial charge on any atom is 0.308 e. The second kappa shape index (κ2) is 3.21. The number of ether oxygens (including phenoxy) is 1. The van der Waals surface area contributed by atoms with Crippen LogP contribution in [0.1, 0.15) is 26.2 Å². The monoisotopic (exact) mass is 176 g/mol. The fraction of sp³-hybridized carbons (Fsp3) is 0.364. The van der Waals surface area contributed by atoms with Gasteiger partial charge in [0.05, 0.1) is 0 Å². The molecule has 68 valence electrons. The number of hydrogen-bond acceptors (Lipinski definition) is 2. The summed E-state index contributed by atoms with van der Waals surface area (Å²) in [6.45, 7) is 1.44. The zero-order valence-corrected chi connectivity index (χ0v) is 7.67. The highest BCUT2D eigenvalue weighted by molar-refractivity contribution is 5.69. The molecule has 0 aromatic carbocycles. The first-order valence-corrected chi connectivity index (χ1v) is 4.56. The molecule has 0 heterocycles. The lowest BCUT2D eigenvalue weighted by atomic mass is 10.00. The van der Waals surface area contributed by atoms with Crippen LogP contribution in [0.5, 0.6) is 0 Å². The van der Waals surface area contributed by atoms with Gasteiger partial charge >= 0.3 is 5.97 Å². The first kappa shape index (κ1) is 8.30. The summed E-state index contributed by atoms with van der Waals surface area (Å²) >= 11 is 0. The maximum absolute atomic E-state index is 10.8.